The van der Waals surface area contributed by atoms with E-state index in [9.17, 15) is 8.78 Å². The van der Waals surface area contributed by atoms with Gasteiger partial charge in [-0.25, -0.2) is 8.78 Å². The van der Waals surface area contributed by atoms with Crippen molar-refractivity contribution < 1.29 is 13.5 Å². The smallest absolute Gasteiger partial charge is 0.191 e. The second kappa shape index (κ2) is 6.24. The molecule has 2 aromatic rings. The predicted octanol–water partition coefficient (Wildman–Crippen LogP) is 2.44. The Bertz CT molecular complexity index is 523. The molecule has 1 aromatic carbocycles. The lowest BCUT2D eigenvalue weighted by molar-refractivity contribution is 0.270. The minimum Gasteiger partial charge on any atom is -0.481 e. The summed E-state index contributed by atoms with van der Waals surface area (Å²) in [4.78, 5) is 4.01. The van der Waals surface area contributed by atoms with Gasteiger partial charge in [0.1, 0.15) is 6.61 Å². The lowest BCUT2D eigenvalue weighted by Gasteiger charge is -2.09. The molecule has 0 radical (unpaired) electrons. The molecular formula is C14H14F2N2O. The second-order valence-corrected chi connectivity index (χ2v) is 4.04. The fourth-order valence-corrected chi connectivity index (χ4v) is 1.69. The molecule has 0 atom stereocenters. The van der Waals surface area contributed by atoms with Crippen molar-refractivity contribution in [2.75, 3.05) is 6.54 Å². The minimum atomic E-state index is -0.723. The lowest BCUT2D eigenvalue weighted by atomic mass is 10.1. The molecule has 3 nitrogen and oxygen atoms in total. The zero-order valence-electron chi connectivity index (χ0n) is 10.3. The number of benzene rings is 1. The molecule has 0 fully saturated rings. The quantitative estimate of drug-likeness (QED) is 0.902. The standard InChI is InChI=1S/C14H14F2N2O/c15-12-7-10(4-5-17)8-13(16)14(12)19-9-11-3-1-2-6-18-11/h1-3,6-8H,4-5,9,17H2. The summed E-state index contributed by atoms with van der Waals surface area (Å²) in [7, 11) is 0. The largest absolute Gasteiger partial charge is 0.481 e. The molecule has 0 amide bonds. The van der Waals surface area contributed by atoms with Gasteiger partial charge in [0.05, 0.1) is 5.69 Å². The molecule has 1 aromatic heterocycles. The van der Waals surface area contributed by atoms with E-state index in [0.29, 0.717) is 24.2 Å². The summed E-state index contributed by atoms with van der Waals surface area (Å²) in [5, 5.41) is 0. The number of pyridine rings is 1. The maximum Gasteiger partial charge on any atom is 0.191 e. The summed E-state index contributed by atoms with van der Waals surface area (Å²) < 4.78 is 32.6. The van der Waals surface area contributed by atoms with Crippen molar-refractivity contribution in [2.45, 2.75) is 13.0 Å². The van der Waals surface area contributed by atoms with Crippen LogP contribution < -0.4 is 10.5 Å². The van der Waals surface area contributed by atoms with Crippen molar-refractivity contribution in [1.82, 2.24) is 4.98 Å². The van der Waals surface area contributed by atoms with Crippen LogP contribution in [0.25, 0.3) is 0 Å². The molecule has 0 bridgehead atoms. The van der Waals surface area contributed by atoms with Crippen LogP contribution in [0.4, 0.5) is 8.78 Å². The third-order valence-electron chi connectivity index (χ3n) is 2.58. The van der Waals surface area contributed by atoms with Gasteiger partial charge >= 0.3 is 0 Å². The highest BCUT2D eigenvalue weighted by Crippen LogP contribution is 2.24. The highest BCUT2D eigenvalue weighted by Gasteiger charge is 2.12. The zero-order chi connectivity index (χ0) is 13.7. The molecule has 0 unspecified atom stereocenters. The van der Waals surface area contributed by atoms with Gasteiger partial charge in [-0.3, -0.25) is 4.98 Å². The number of halogens is 2. The van der Waals surface area contributed by atoms with Gasteiger partial charge < -0.3 is 10.5 Å². The van der Waals surface area contributed by atoms with Crippen molar-refractivity contribution >= 4 is 0 Å². The monoisotopic (exact) mass is 264 g/mol. The van der Waals surface area contributed by atoms with Crippen LogP contribution in [0.15, 0.2) is 36.5 Å². The molecule has 2 rings (SSSR count). The Morgan fingerprint density at radius 2 is 1.89 bits per heavy atom. The summed E-state index contributed by atoms with van der Waals surface area (Å²) in [5.74, 6) is -1.83. The van der Waals surface area contributed by atoms with E-state index >= 15 is 0 Å². The first kappa shape index (κ1) is 13.4. The Hall–Kier alpha value is -2.01. The molecule has 0 saturated carbocycles. The number of nitrogens with two attached hydrogens (primary N) is 1. The maximum absolute atomic E-state index is 13.7. The van der Waals surface area contributed by atoms with Gasteiger partial charge in [0.25, 0.3) is 0 Å². The van der Waals surface area contributed by atoms with E-state index in [0.717, 1.165) is 0 Å². The van der Waals surface area contributed by atoms with E-state index in [4.69, 9.17) is 10.5 Å². The summed E-state index contributed by atoms with van der Waals surface area (Å²) in [6.07, 6.45) is 2.02. The number of aromatic nitrogens is 1. The highest BCUT2D eigenvalue weighted by atomic mass is 19.1. The summed E-state index contributed by atoms with van der Waals surface area (Å²) >= 11 is 0. The van der Waals surface area contributed by atoms with Crippen molar-refractivity contribution in [3.8, 4) is 5.75 Å². The van der Waals surface area contributed by atoms with E-state index < -0.39 is 11.6 Å². The van der Waals surface area contributed by atoms with Crippen LogP contribution in [-0.2, 0) is 13.0 Å². The van der Waals surface area contributed by atoms with E-state index in [1.165, 1.54) is 12.1 Å². The Labute approximate surface area is 110 Å². The van der Waals surface area contributed by atoms with Gasteiger partial charge in [0.2, 0.25) is 0 Å². The molecule has 100 valence electrons. The molecule has 0 aliphatic carbocycles. The molecule has 19 heavy (non-hydrogen) atoms. The van der Waals surface area contributed by atoms with Gasteiger partial charge in [-0.2, -0.15) is 0 Å². The first-order valence-electron chi connectivity index (χ1n) is 5.91. The highest BCUT2D eigenvalue weighted by molar-refractivity contribution is 5.31. The van der Waals surface area contributed by atoms with Gasteiger partial charge in [-0.15, -0.1) is 0 Å². The molecular weight excluding hydrogens is 250 g/mol. The Balaban J connectivity index is 2.12. The van der Waals surface area contributed by atoms with Gasteiger partial charge in [-0.1, -0.05) is 6.07 Å². The number of hydrogen-bond donors (Lipinski definition) is 1. The van der Waals surface area contributed by atoms with Crippen LogP contribution in [-0.4, -0.2) is 11.5 Å². The molecule has 5 heteroatoms. The van der Waals surface area contributed by atoms with Crippen LogP contribution >= 0.6 is 0 Å². The normalized spacial score (nSPS) is 10.5. The molecule has 0 saturated heterocycles. The van der Waals surface area contributed by atoms with Crippen LogP contribution in [0.3, 0.4) is 0 Å². The second-order valence-electron chi connectivity index (χ2n) is 4.04. The Morgan fingerprint density at radius 3 is 2.47 bits per heavy atom. The minimum absolute atomic E-state index is 0.0188. The number of nitrogens with zero attached hydrogens (tertiary/aromatic N) is 1. The van der Waals surface area contributed by atoms with E-state index in [-0.39, 0.29) is 12.4 Å². The van der Waals surface area contributed by atoms with Crippen LogP contribution in [0.5, 0.6) is 5.75 Å². The maximum atomic E-state index is 13.7. The van der Waals surface area contributed by atoms with Gasteiger partial charge in [0, 0.05) is 6.20 Å². The molecule has 0 aliphatic rings. The third kappa shape index (κ3) is 3.48. The first-order chi connectivity index (χ1) is 9.20. The molecule has 0 spiro atoms. The molecule has 0 aliphatic heterocycles. The third-order valence-corrected chi connectivity index (χ3v) is 2.58. The lowest BCUT2D eigenvalue weighted by Crippen LogP contribution is -2.06. The van der Waals surface area contributed by atoms with Crippen LogP contribution in [0, 0.1) is 11.6 Å². The summed E-state index contributed by atoms with van der Waals surface area (Å²) in [6.45, 7) is 0.359. The average molecular weight is 264 g/mol. The first-order valence-corrected chi connectivity index (χ1v) is 5.91. The Morgan fingerprint density at radius 1 is 1.16 bits per heavy atom. The average Bonchev–Trinajstić information content (AvgIpc) is 2.39. The number of ether oxygens (including phenoxy) is 1. The zero-order valence-corrected chi connectivity index (χ0v) is 10.3. The predicted molar refractivity (Wildman–Crippen MR) is 67.7 cm³/mol. The summed E-state index contributed by atoms with van der Waals surface area (Å²) in [5.41, 5.74) is 6.47. The SMILES string of the molecule is NCCc1cc(F)c(OCc2ccccn2)c(F)c1. The van der Waals surface area contributed by atoms with Gasteiger partial charge in [-0.05, 0) is 42.8 Å². The fraction of sp³-hybridized carbons (Fsp3) is 0.214. The molecule has 1 heterocycles. The van der Waals surface area contributed by atoms with Crippen molar-refractivity contribution in [2.24, 2.45) is 5.73 Å². The van der Waals surface area contributed by atoms with E-state index in [2.05, 4.69) is 4.98 Å². The van der Waals surface area contributed by atoms with Crippen LogP contribution in [0.1, 0.15) is 11.3 Å². The van der Waals surface area contributed by atoms with Crippen LogP contribution in [0.2, 0.25) is 0 Å². The topological polar surface area (TPSA) is 48.1 Å². The van der Waals surface area contributed by atoms with Gasteiger partial charge in [0.15, 0.2) is 17.4 Å². The Kier molecular flexibility index (Phi) is 4.41. The number of rotatable bonds is 5. The van der Waals surface area contributed by atoms with Crippen molar-refractivity contribution in [3.05, 3.63) is 59.4 Å². The number of hydrogen-bond acceptors (Lipinski definition) is 3. The van der Waals surface area contributed by atoms with Crippen molar-refractivity contribution in [1.29, 1.82) is 0 Å². The van der Waals surface area contributed by atoms with Crippen molar-refractivity contribution in [3.63, 3.8) is 0 Å². The molecule has 2 N–H and O–H groups in total. The van der Waals surface area contributed by atoms with E-state index in [1.807, 2.05) is 0 Å². The fourth-order valence-electron chi connectivity index (χ4n) is 1.69. The summed E-state index contributed by atoms with van der Waals surface area (Å²) in [6, 6.07) is 7.74. The van der Waals surface area contributed by atoms with E-state index in [1.54, 1.807) is 24.4 Å².